The summed E-state index contributed by atoms with van der Waals surface area (Å²) in [7, 11) is 6.52. The van der Waals surface area contributed by atoms with Gasteiger partial charge in [0.1, 0.15) is 83.3 Å². The summed E-state index contributed by atoms with van der Waals surface area (Å²) in [5, 5.41) is 72.6. The number of para-hydroxylation sites is 1. The lowest BCUT2D eigenvalue weighted by molar-refractivity contribution is -0.136. The van der Waals surface area contributed by atoms with Crippen LogP contribution in [0.3, 0.4) is 0 Å². The average Bonchev–Trinajstić information content (AvgIpc) is 1.70. The molecule has 7 aromatic rings. The maximum atomic E-state index is 15.2. The van der Waals surface area contributed by atoms with Crippen molar-refractivity contribution in [3.8, 4) is 28.7 Å². The Morgan fingerprint density at radius 1 is 0.704 bits per heavy atom. The van der Waals surface area contributed by atoms with Gasteiger partial charge >= 0.3 is 0 Å². The third-order valence-electron chi connectivity index (χ3n) is 17.7. The number of phenols is 1. The number of aliphatic hydroxyl groups is 3. The number of benzene rings is 5. The van der Waals surface area contributed by atoms with Crippen LogP contribution in [0.4, 0.5) is 0 Å². The van der Waals surface area contributed by atoms with Crippen molar-refractivity contribution in [3.63, 3.8) is 0 Å². The van der Waals surface area contributed by atoms with E-state index in [0.29, 0.717) is 106 Å². The van der Waals surface area contributed by atoms with Crippen molar-refractivity contribution in [1.29, 1.82) is 0 Å². The third-order valence-corrected chi connectivity index (χ3v) is 21.1. The summed E-state index contributed by atoms with van der Waals surface area (Å²) in [6.45, 7) is 2.59. The molecule has 0 saturated carbocycles. The number of carbonyl (C=O) groups excluding carboxylic acids is 9. The fourth-order valence-corrected chi connectivity index (χ4v) is 14.8. The summed E-state index contributed by atoms with van der Waals surface area (Å²) in [5.41, 5.74) is 9.93. The van der Waals surface area contributed by atoms with Crippen molar-refractivity contribution in [2.75, 3.05) is 46.0 Å². The normalized spacial score (nSPS) is 18.8. The van der Waals surface area contributed by atoms with Crippen molar-refractivity contribution < 1.29 is 82.5 Å². The first-order chi connectivity index (χ1) is 52.1. The van der Waals surface area contributed by atoms with E-state index in [-0.39, 0.29) is 73.4 Å². The number of aromatic hydroxyl groups is 1. The monoisotopic (exact) mass is 1550 g/mol. The Labute approximate surface area is 637 Å². The molecule has 0 aliphatic carbocycles. The van der Waals surface area contributed by atoms with Crippen molar-refractivity contribution in [2.45, 2.75) is 158 Å². The van der Waals surface area contributed by atoms with Gasteiger partial charge in [-0.25, -0.2) is 0 Å². The summed E-state index contributed by atoms with van der Waals surface area (Å²) in [6.07, 6.45) is 2.38. The largest absolute Gasteiger partial charge is 0.508 e. The first kappa shape index (κ1) is 83.7. The van der Waals surface area contributed by atoms with Crippen LogP contribution < -0.4 is 67.2 Å². The highest BCUT2D eigenvalue weighted by Gasteiger charge is 2.37. The van der Waals surface area contributed by atoms with E-state index in [1.54, 1.807) is 89.9 Å². The number of unbranched alkanes of at least 4 members (excludes halogenated alkanes) is 3. The van der Waals surface area contributed by atoms with Gasteiger partial charge in [-0.15, -0.1) is 5.10 Å². The number of aryl methyl sites for hydroxylation is 1. The van der Waals surface area contributed by atoms with E-state index in [0.717, 1.165) is 33.3 Å². The van der Waals surface area contributed by atoms with E-state index in [2.05, 4.69) is 57.8 Å². The van der Waals surface area contributed by atoms with Gasteiger partial charge in [0.2, 0.25) is 52.4 Å². The van der Waals surface area contributed by atoms with Crippen molar-refractivity contribution in [2.24, 2.45) is 5.73 Å². The summed E-state index contributed by atoms with van der Waals surface area (Å²) >= 11 is 1.08. The number of aliphatic hydroxyl groups excluding tert-OH is 3. The molecule has 5 aromatic carbocycles. The fraction of sp³-hybridized carbons (Fsp3) is 0.427. The predicted molar refractivity (Wildman–Crippen MR) is 409 cm³/mol. The Morgan fingerprint density at radius 3 is 2.08 bits per heavy atom. The van der Waals surface area contributed by atoms with E-state index in [4.69, 9.17) is 24.7 Å². The second kappa shape index (κ2) is 42.6. The molecule has 8 amide bonds. The van der Waals surface area contributed by atoms with Crippen LogP contribution in [0.15, 0.2) is 128 Å². The van der Waals surface area contributed by atoms with Crippen LogP contribution in [0, 0.1) is 0 Å². The number of aromatic nitrogens is 4. The van der Waals surface area contributed by atoms with Gasteiger partial charge in [0, 0.05) is 89.8 Å². The lowest BCUT2D eigenvalue weighted by atomic mass is 10.0. The lowest BCUT2D eigenvalue weighted by Crippen LogP contribution is -2.62. The molecule has 0 unspecified atom stereocenters. The molecular weight excluding hydrogens is 1450 g/mol. The molecule has 8 rings (SSSR count). The van der Waals surface area contributed by atoms with Crippen molar-refractivity contribution in [3.05, 3.63) is 161 Å². The molecule has 1 aliphatic rings. The van der Waals surface area contributed by atoms with E-state index in [1.807, 2.05) is 18.2 Å². The number of aromatic amines is 1. The fourth-order valence-electron chi connectivity index (χ4n) is 11.7. The number of hydrogen-bond acceptors (Lipinski definition) is 23. The summed E-state index contributed by atoms with van der Waals surface area (Å²) in [6, 6.07) is 20.5. The zero-order chi connectivity index (χ0) is 77.7. The number of rotatable bonds is 33. The average molecular weight is 1550 g/mol. The van der Waals surface area contributed by atoms with Crippen LogP contribution in [0.1, 0.15) is 97.1 Å². The maximum absolute atomic E-state index is 15.2. The smallest absolute Gasteiger partial charge is 0.245 e. The van der Waals surface area contributed by atoms with Gasteiger partial charge in [0.15, 0.2) is 0 Å². The number of fused-ring (bicyclic) bond motifs is 1. The zero-order valence-corrected chi connectivity index (χ0v) is 63.1. The van der Waals surface area contributed by atoms with Crippen LogP contribution in [-0.4, -0.2) is 199 Å². The number of thioether (sulfide) groups is 1. The molecule has 10 atom stereocenters. The van der Waals surface area contributed by atoms with Gasteiger partial charge < -0.3 is 92.6 Å². The molecule has 2 aromatic heterocycles. The minimum atomic E-state index is -1.74. The first-order valence-electron chi connectivity index (χ1n) is 35.3. The number of carbonyl (C=O) groups is 9. The van der Waals surface area contributed by atoms with Crippen molar-refractivity contribution >= 4 is 96.6 Å². The molecule has 0 spiro atoms. The SMILES string of the molecule is COc1cc(OC)c(CSC(=O)c2cccc(OCc3cn(CCCCCC(=O)N[C@H](Cc4ccccc4)C(=O)N[C@H]4CSSC[C@@H](C(=O)N[C@H](CO)[C@@H](C)O)NC(=O)[C@H]([C@@H](C)O)NC(=O)[C@H](CCCCN)NC(=O)[C@@H](Cc5c[nH]c6ccccc56)NC(=O)[C@H](Cc5ccc(O)cc5)NC4=O)nn3)c2)c(OC)c1. The Bertz CT molecular complexity index is 4130. The molecular formula is C75H95N13O17S3. The number of hydrogen-bond donors (Lipinski definition) is 14. The molecule has 580 valence electrons. The number of methoxy groups -OCH3 is 3. The van der Waals surface area contributed by atoms with Crippen LogP contribution in [0.5, 0.6) is 28.7 Å². The molecule has 3 heterocycles. The highest BCUT2D eigenvalue weighted by atomic mass is 33.1. The minimum absolute atomic E-state index is 0.00354. The van der Waals surface area contributed by atoms with Gasteiger partial charge in [-0.3, -0.25) is 47.8 Å². The van der Waals surface area contributed by atoms with E-state index in [9.17, 15) is 54.0 Å². The quantitative estimate of drug-likeness (QED) is 0.0206. The van der Waals surface area contributed by atoms with Gasteiger partial charge in [-0.1, -0.05) is 118 Å². The molecule has 108 heavy (non-hydrogen) atoms. The third kappa shape index (κ3) is 25.4. The van der Waals surface area contributed by atoms with Gasteiger partial charge in [0.25, 0.3) is 0 Å². The zero-order valence-electron chi connectivity index (χ0n) is 60.7. The highest BCUT2D eigenvalue weighted by molar-refractivity contribution is 8.76. The number of nitrogens with one attached hydrogen (secondary N) is 9. The number of amides is 8. The Kier molecular flexibility index (Phi) is 33.0. The van der Waals surface area contributed by atoms with E-state index in [1.165, 1.54) is 59.4 Å². The number of ether oxygens (including phenoxy) is 4. The van der Waals surface area contributed by atoms with E-state index >= 15 is 9.59 Å². The number of phenolic OH excluding ortho intramolecular Hbond substituents is 1. The Hall–Kier alpha value is -9.90. The molecule has 15 N–H and O–H groups in total. The number of nitrogens with two attached hydrogens (primary N) is 1. The molecule has 1 aliphatic heterocycles. The second-order valence-electron chi connectivity index (χ2n) is 25.9. The Balaban J connectivity index is 0.991. The number of H-pyrrole nitrogens is 1. The molecule has 0 bridgehead atoms. The molecule has 1 saturated heterocycles. The van der Waals surface area contributed by atoms with Gasteiger partial charge in [-0.05, 0) is 99.5 Å². The van der Waals surface area contributed by atoms with Crippen LogP contribution >= 0.6 is 33.3 Å². The molecule has 0 radical (unpaired) electrons. The standard InChI is InChI=1S/C75H95N13O17S3/c1-44(90)61(39-89)82-73(99)63-43-108-107-42-62(72(98)80-59(32-47-25-27-51(92)28-26-47)70(96)81-60(34-49-37-77-56-22-12-11-21-54(49)56)71(97)79-57(23-13-14-29-76)68(94)85-67(45(2)91)74(100)84-63)83-69(95)58(31-46-17-8-6-9-18-46)78-66(93)24-10-7-15-30-88-38-50(86-87-88)40-105-52-20-16-19-48(33-52)75(101)106-41-55-64(103-4)35-53(102-3)36-65(55)104-5/h6,8-9,11-12,16-22,25-28,33,35-38,44-45,57-63,67,77,89-92H,7,10,13-15,23-24,29-32,34,39-43,76H2,1-5H3,(H,78,93)(H,79,97)(H,80,98)(H,81,96)(H,82,99)(H,83,95)(H,84,100)(H,85,94)/t44-,45-,57+,58-,59+,60-,61-,62+,63+,67+/m1/s1. The van der Waals surface area contributed by atoms with Crippen LogP contribution in [-0.2, 0) is 76.5 Å². The molecule has 1 fully saturated rings. The highest BCUT2D eigenvalue weighted by Crippen LogP contribution is 2.37. The predicted octanol–water partition coefficient (Wildman–Crippen LogP) is 3.59. The van der Waals surface area contributed by atoms with Crippen LogP contribution in [0.2, 0.25) is 0 Å². The van der Waals surface area contributed by atoms with Crippen molar-refractivity contribution in [1.82, 2.24) is 62.5 Å². The Morgan fingerprint density at radius 2 is 1.39 bits per heavy atom. The maximum Gasteiger partial charge on any atom is 0.245 e. The van der Waals surface area contributed by atoms with Crippen LogP contribution in [0.25, 0.3) is 10.9 Å². The summed E-state index contributed by atoms with van der Waals surface area (Å²) in [5.74, 6) is -5.08. The second-order valence-corrected chi connectivity index (χ2v) is 29.4. The minimum Gasteiger partial charge on any atom is -0.508 e. The van der Waals surface area contributed by atoms with E-state index < -0.39 is 114 Å². The topological polar surface area (TPSA) is 440 Å². The number of nitrogens with zero attached hydrogens (tertiary/aromatic N) is 3. The lowest BCUT2D eigenvalue weighted by Gasteiger charge is -2.29. The van der Waals surface area contributed by atoms with Gasteiger partial charge in [-0.2, -0.15) is 0 Å². The molecule has 33 heteroatoms. The summed E-state index contributed by atoms with van der Waals surface area (Å²) in [4.78, 5) is 134. The van der Waals surface area contributed by atoms with Gasteiger partial charge in [0.05, 0.1) is 52.4 Å². The molecule has 30 nitrogen and oxygen atoms in total. The first-order valence-corrected chi connectivity index (χ1v) is 38.8. The summed E-state index contributed by atoms with van der Waals surface area (Å²) < 4.78 is 24.1.